The Morgan fingerprint density at radius 2 is 1.47 bits per heavy atom. The van der Waals surface area contributed by atoms with E-state index < -0.39 is 0 Å². The second-order valence-corrected chi connectivity index (χ2v) is 3.81. The third-order valence-corrected chi connectivity index (χ3v) is 2.33. The van der Waals surface area contributed by atoms with Crippen molar-refractivity contribution >= 4 is 0 Å². The van der Waals surface area contributed by atoms with E-state index in [2.05, 4.69) is 40.7 Å². The van der Waals surface area contributed by atoms with Crippen molar-refractivity contribution in [3.8, 4) is 0 Å². The zero-order chi connectivity index (χ0) is 11.9. The zero-order valence-corrected chi connectivity index (χ0v) is 11.4. The lowest BCUT2D eigenvalue weighted by Gasteiger charge is -1.99. The molecule has 0 aliphatic heterocycles. The van der Waals surface area contributed by atoms with Gasteiger partial charge >= 0.3 is 0 Å². The standard InChI is InChI=1S/C8H18O.C6H12/c1-3-5-7-9-8-6-4-2;1-4-6(3)5-2/h3-8H2,1-2H3;4H,5H2,1-3H3. The monoisotopic (exact) mass is 214 g/mol. The van der Waals surface area contributed by atoms with Crippen LogP contribution in [0.15, 0.2) is 11.6 Å². The fourth-order valence-corrected chi connectivity index (χ4v) is 0.799. The lowest BCUT2D eigenvalue weighted by atomic mass is 10.2. The van der Waals surface area contributed by atoms with Gasteiger partial charge in [0.1, 0.15) is 0 Å². The van der Waals surface area contributed by atoms with Gasteiger partial charge in [0.25, 0.3) is 0 Å². The van der Waals surface area contributed by atoms with E-state index in [0.29, 0.717) is 0 Å². The highest BCUT2D eigenvalue weighted by molar-refractivity contribution is 4.93. The van der Waals surface area contributed by atoms with Crippen LogP contribution in [-0.2, 0) is 4.74 Å². The molecule has 15 heavy (non-hydrogen) atoms. The van der Waals surface area contributed by atoms with Gasteiger partial charge in [-0.2, -0.15) is 0 Å². The highest BCUT2D eigenvalue weighted by atomic mass is 16.5. The van der Waals surface area contributed by atoms with Gasteiger partial charge in [0.15, 0.2) is 0 Å². The minimum absolute atomic E-state index is 0.955. The molecule has 0 atom stereocenters. The maximum Gasteiger partial charge on any atom is 0.0465 e. The molecular formula is C14H30O. The molecule has 0 N–H and O–H groups in total. The number of hydrogen-bond acceptors (Lipinski definition) is 1. The number of ether oxygens (including phenoxy) is 1. The fourth-order valence-electron chi connectivity index (χ4n) is 0.799. The summed E-state index contributed by atoms with van der Waals surface area (Å²) in [5, 5.41) is 0. The summed E-state index contributed by atoms with van der Waals surface area (Å²) >= 11 is 0. The summed E-state index contributed by atoms with van der Waals surface area (Å²) in [4.78, 5) is 0. The van der Waals surface area contributed by atoms with Gasteiger partial charge in [-0.1, -0.05) is 45.3 Å². The SMILES string of the molecule is CC=C(C)CC.CCCCOCCCC. The van der Waals surface area contributed by atoms with Crippen LogP contribution >= 0.6 is 0 Å². The van der Waals surface area contributed by atoms with E-state index in [1.165, 1.54) is 37.7 Å². The van der Waals surface area contributed by atoms with E-state index in [-0.39, 0.29) is 0 Å². The van der Waals surface area contributed by atoms with E-state index in [0.717, 1.165) is 13.2 Å². The molecule has 0 bridgehead atoms. The largest absolute Gasteiger partial charge is 0.381 e. The summed E-state index contributed by atoms with van der Waals surface area (Å²) in [5.74, 6) is 0. The van der Waals surface area contributed by atoms with Gasteiger partial charge in [-0.3, -0.25) is 0 Å². The van der Waals surface area contributed by atoms with Crippen molar-refractivity contribution in [2.24, 2.45) is 0 Å². The molecule has 0 aromatic rings. The van der Waals surface area contributed by atoms with Gasteiger partial charge in [0.2, 0.25) is 0 Å². The molecule has 0 spiro atoms. The second-order valence-electron chi connectivity index (χ2n) is 3.81. The van der Waals surface area contributed by atoms with Crippen LogP contribution < -0.4 is 0 Å². The molecule has 0 aliphatic carbocycles. The van der Waals surface area contributed by atoms with Crippen molar-refractivity contribution in [1.29, 1.82) is 0 Å². The van der Waals surface area contributed by atoms with Crippen molar-refractivity contribution < 1.29 is 4.74 Å². The molecule has 0 aromatic heterocycles. The van der Waals surface area contributed by atoms with Gasteiger partial charge in [0, 0.05) is 13.2 Å². The van der Waals surface area contributed by atoms with Gasteiger partial charge in [-0.25, -0.2) is 0 Å². The molecule has 0 rings (SSSR count). The summed E-state index contributed by atoms with van der Waals surface area (Å²) in [5.41, 5.74) is 1.47. The number of unbranched alkanes of at least 4 members (excludes halogenated alkanes) is 2. The molecule has 0 saturated carbocycles. The first-order chi connectivity index (χ1) is 7.22. The maximum atomic E-state index is 5.31. The molecule has 0 aliphatic rings. The van der Waals surface area contributed by atoms with E-state index in [1.807, 2.05) is 0 Å². The van der Waals surface area contributed by atoms with Crippen molar-refractivity contribution in [3.63, 3.8) is 0 Å². The van der Waals surface area contributed by atoms with Crippen LogP contribution in [0, 0.1) is 0 Å². The topological polar surface area (TPSA) is 9.23 Å². The third-order valence-electron chi connectivity index (χ3n) is 2.33. The van der Waals surface area contributed by atoms with Crippen molar-refractivity contribution in [1.82, 2.24) is 0 Å². The molecule has 0 radical (unpaired) electrons. The zero-order valence-electron chi connectivity index (χ0n) is 11.4. The number of rotatable bonds is 7. The van der Waals surface area contributed by atoms with Crippen LogP contribution in [0.3, 0.4) is 0 Å². The summed E-state index contributed by atoms with van der Waals surface area (Å²) < 4.78 is 5.31. The molecule has 0 unspecified atom stereocenters. The fraction of sp³-hybridized carbons (Fsp3) is 0.857. The van der Waals surface area contributed by atoms with Crippen LogP contribution in [0.4, 0.5) is 0 Å². The highest BCUT2D eigenvalue weighted by Crippen LogP contribution is 1.94. The molecule has 92 valence electrons. The lowest BCUT2D eigenvalue weighted by molar-refractivity contribution is 0.128. The van der Waals surface area contributed by atoms with Gasteiger partial charge in [-0.15, -0.1) is 0 Å². The number of allylic oxidation sites excluding steroid dienone is 2. The Balaban J connectivity index is 0. The van der Waals surface area contributed by atoms with Crippen molar-refractivity contribution in [2.75, 3.05) is 13.2 Å². The Morgan fingerprint density at radius 1 is 1.00 bits per heavy atom. The average Bonchev–Trinajstić information content (AvgIpc) is 2.29. The minimum atomic E-state index is 0.955. The minimum Gasteiger partial charge on any atom is -0.381 e. The summed E-state index contributed by atoms with van der Waals surface area (Å²) in [7, 11) is 0. The Hall–Kier alpha value is -0.300. The summed E-state index contributed by atoms with van der Waals surface area (Å²) in [6, 6.07) is 0. The highest BCUT2D eigenvalue weighted by Gasteiger charge is 1.84. The Morgan fingerprint density at radius 3 is 1.67 bits per heavy atom. The quantitative estimate of drug-likeness (QED) is 0.429. The lowest BCUT2D eigenvalue weighted by Crippen LogP contribution is -1.95. The predicted molar refractivity (Wildman–Crippen MR) is 70.4 cm³/mol. The van der Waals surface area contributed by atoms with Crippen LogP contribution in [0.5, 0.6) is 0 Å². The summed E-state index contributed by atoms with van der Waals surface area (Å²) in [6.45, 7) is 12.6. The van der Waals surface area contributed by atoms with E-state index in [1.54, 1.807) is 0 Å². The van der Waals surface area contributed by atoms with Crippen LogP contribution in [0.1, 0.15) is 66.7 Å². The Bertz CT molecular complexity index is 121. The van der Waals surface area contributed by atoms with Crippen molar-refractivity contribution in [3.05, 3.63) is 11.6 Å². The molecule has 0 amide bonds. The average molecular weight is 214 g/mol. The Kier molecular flexibility index (Phi) is 18.4. The second kappa shape index (κ2) is 16.1. The summed E-state index contributed by atoms with van der Waals surface area (Å²) in [6.07, 6.45) is 8.24. The molecule has 0 saturated heterocycles. The molecule has 0 fully saturated rings. The maximum absolute atomic E-state index is 5.31. The predicted octanol–water partition coefficient (Wildman–Crippen LogP) is 4.97. The smallest absolute Gasteiger partial charge is 0.0465 e. The molecule has 1 heteroatoms. The third kappa shape index (κ3) is 19.9. The van der Waals surface area contributed by atoms with Gasteiger partial charge in [0.05, 0.1) is 0 Å². The first-order valence-electron chi connectivity index (χ1n) is 6.42. The first kappa shape index (κ1) is 17.1. The van der Waals surface area contributed by atoms with Crippen LogP contribution in [-0.4, -0.2) is 13.2 Å². The normalized spacial score (nSPS) is 10.9. The van der Waals surface area contributed by atoms with Gasteiger partial charge in [-0.05, 0) is 33.1 Å². The Labute approximate surface area is 96.9 Å². The van der Waals surface area contributed by atoms with E-state index >= 15 is 0 Å². The van der Waals surface area contributed by atoms with E-state index in [9.17, 15) is 0 Å². The first-order valence-corrected chi connectivity index (χ1v) is 6.42. The molecule has 0 aromatic carbocycles. The van der Waals surface area contributed by atoms with E-state index in [4.69, 9.17) is 4.74 Å². The molecule has 0 heterocycles. The van der Waals surface area contributed by atoms with Crippen LogP contribution in [0.2, 0.25) is 0 Å². The molecular weight excluding hydrogens is 184 g/mol. The van der Waals surface area contributed by atoms with Gasteiger partial charge < -0.3 is 4.74 Å². The number of hydrogen-bond donors (Lipinski definition) is 0. The van der Waals surface area contributed by atoms with Crippen molar-refractivity contribution in [2.45, 2.75) is 66.7 Å². The molecule has 1 nitrogen and oxygen atoms in total. The van der Waals surface area contributed by atoms with Crippen LogP contribution in [0.25, 0.3) is 0 Å².